The van der Waals surface area contributed by atoms with Crippen molar-refractivity contribution >= 4 is 20.7 Å². The molecular formula is C12H10N2O2S. The third-order valence-electron chi connectivity index (χ3n) is 2.43. The van der Waals surface area contributed by atoms with Crippen LogP contribution in [-0.2, 0) is 9.84 Å². The van der Waals surface area contributed by atoms with Crippen LogP contribution in [0.5, 0.6) is 0 Å². The second-order valence-corrected chi connectivity index (χ2v) is 5.90. The van der Waals surface area contributed by atoms with E-state index < -0.39 is 15.1 Å². The summed E-state index contributed by atoms with van der Waals surface area (Å²) in [6.45, 7) is 0. The Bertz CT molecular complexity index is 702. The highest BCUT2D eigenvalue weighted by Gasteiger charge is 2.23. The van der Waals surface area contributed by atoms with Gasteiger partial charge < -0.3 is 0 Å². The van der Waals surface area contributed by atoms with Crippen molar-refractivity contribution in [3.05, 3.63) is 42.1 Å². The highest BCUT2D eigenvalue weighted by Crippen LogP contribution is 2.21. The fraction of sp³-hybridized carbons (Fsp3) is 0.167. The van der Waals surface area contributed by atoms with E-state index in [1.165, 1.54) is 0 Å². The third-order valence-corrected chi connectivity index (χ3v) is 3.64. The van der Waals surface area contributed by atoms with Crippen LogP contribution in [0.2, 0.25) is 0 Å². The fourth-order valence-corrected chi connectivity index (χ4v) is 2.37. The molecule has 0 fully saturated rings. The van der Waals surface area contributed by atoms with E-state index in [1.807, 2.05) is 18.2 Å². The molecule has 5 heteroatoms. The second-order valence-electron chi connectivity index (χ2n) is 3.77. The van der Waals surface area contributed by atoms with E-state index in [9.17, 15) is 8.42 Å². The molecular weight excluding hydrogens is 236 g/mol. The van der Waals surface area contributed by atoms with E-state index in [-0.39, 0.29) is 5.69 Å². The lowest BCUT2D eigenvalue weighted by Gasteiger charge is -2.07. The van der Waals surface area contributed by atoms with Gasteiger partial charge in [0.25, 0.3) is 0 Å². The zero-order valence-corrected chi connectivity index (χ0v) is 9.98. The Morgan fingerprint density at radius 3 is 2.59 bits per heavy atom. The molecule has 0 amide bonds. The van der Waals surface area contributed by atoms with Crippen LogP contribution in [0, 0.1) is 11.3 Å². The molecule has 0 saturated heterocycles. The quantitative estimate of drug-likeness (QED) is 0.810. The number of hydrogen-bond acceptors (Lipinski definition) is 4. The van der Waals surface area contributed by atoms with Crippen LogP contribution in [0.25, 0.3) is 10.9 Å². The molecule has 17 heavy (non-hydrogen) atoms. The van der Waals surface area contributed by atoms with Crippen molar-refractivity contribution in [3.63, 3.8) is 0 Å². The van der Waals surface area contributed by atoms with Crippen LogP contribution in [0.3, 0.4) is 0 Å². The SMILES string of the molecule is CS(=O)(=O)C(C#N)c1ccc2ccccc2n1. The van der Waals surface area contributed by atoms with Gasteiger partial charge in [-0.05, 0) is 12.1 Å². The summed E-state index contributed by atoms with van der Waals surface area (Å²) in [5.74, 6) is 0. The first-order valence-corrected chi connectivity index (χ1v) is 6.92. The van der Waals surface area contributed by atoms with Crippen LogP contribution in [0.1, 0.15) is 10.9 Å². The number of nitrogens with zero attached hydrogens (tertiary/aromatic N) is 2. The number of hydrogen-bond donors (Lipinski definition) is 0. The summed E-state index contributed by atoms with van der Waals surface area (Å²) in [6.07, 6.45) is 1.04. The first-order chi connectivity index (χ1) is 8.02. The third kappa shape index (κ3) is 2.27. The molecule has 1 aromatic carbocycles. The van der Waals surface area contributed by atoms with E-state index in [4.69, 9.17) is 5.26 Å². The Morgan fingerprint density at radius 1 is 1.24 bits per heavy atom. The van der Waals surface area contributed by atoms with Gasteiger partial charge in [0.15, 0.2) is 15.1 Å². The minimum absolute atomic E-state index is 0.272. The van der Waals surface area contributed by atoms with Gasteiger partial charge in [0.1, 0.15) is 0 Å². The Hall–Kier alpha value is -1.93. The van der Waals surface area contributed by atoms with Gasteiger partial charge >= 0.3 is 0 Å². The van der Waals surface area contributed by atoms with Crippen LogP contribution < -0.4 is 0 Å². The number of fused-ring (bicyclic) bond motifs is 1. The zero-order valence-electron chi connectivity index (χ0n) is 9.16. The van der Waals surface area contributed by atoms with Crippen LogP contribution in [0.15, 0.2) is 36.4 Å². The summed E-state index contributed by atoms with van der Waals surface area (Å²) in [7, 11) is -3.46. The zero-order chi connectivity index (χ0) is 12.5. The predicted molar refractivity (Wildman–Crippen MR) is 64.9 cm³/mol. The maximum Gasteiger partial charge on any atom is 0.189 e. The van der Waals surface area contributed by atoms with Crippen molar-refractivity contribution < 1.29 is 8.42 Å². The molecule has 0 aliphatic carbocycles. The van der Waals surface area contributed by atoms with Crippen molar-refractivity contribution in [2.24, 2.45) is 0 Å². The summed E-state index contributed by atoms with van der Waals surface area (Å²) in [5, 5.41) is 8.63. The first kappa shape index (κ1) is 11.6. The van der Waals surface area contributed by atoms with Gasteiger partial charge in [-0.2, -0.15) is 5.26 Å². The number of pyridine rings is 1. The van der Waals surface area contributed by atoms with E-state index in [1.54, 1.807) is 24.3 Å². The van der Waals surface area contributed by atoms with Gasteiger partial charge in [0.05, 0.1) is 17.3 Å². The predicted octanol–water partition coefficient (Wildman–Crippen LogP) is 1.84. The lowest BCUT2D eigenvalue weighted by atomic mass is 10.2. The monoisotopic (exact) mass is 246 g/mol. The Balaban J connectivity index is 2.61. The lowest BCUT2D eigenvalue weighted by Crippen LogP contribution is -2.11. The first-order valence-electron chi connectivity index (χ1n) is 4.96. The summed E-state index contributed by atoms with van der Waals surface area (Å²) in [5.41, 5.74) is 0.961. The molecule has 1 atom stereocenters. The Kier molecular flexibility index (Phi) is 2.82. The number of aromatic nitrogens is 1. The molecule has 0 bridgehead atoms. The summed E-state index contributed by atoms with van der Waals surface area (Å²) in [4.78, 5) is 4.21. The van der Waals surface area contributed by atoms with Gasteiger partial charge in [-0.15, -0.1) is 0 Å². The Morgan fingerprint density at radius 2 is 1.94 bits per heavy atom. The maximum absolute atomic E-state index is 11.4. The molecule has 0 aliphatic rings. The highest BCUT2D eigenvalue weighted by atomic mass is 32.2. The summed E-state index contributed by atoms with van der Waals surface area (Å²) < 4.78 is 22.9. The molecule has 1 unspecified atom stereocenters. The normalized spacial score (nSPS) is 13.2. The number of nitriles is 1. The van der Waals surface area contributed by atoms with Gasteiger partial charge in [-0.25, -0.2) is 8.42 Å². The molecule has 1 aromatic heterocycles. The molecule has 0 aliphatic heterocycles. The molecule has 4 nitrogen and oxygen atoms in total. The molecule has 0 saturated carbocycles. The molecule has 86 valence electrons. The minimum atomic E-state index is -3.46. The van der Waals surface area contributed by atoms with E-state index >= 15 is 0 Å². The van der Waals surface area contributed by atoms with Crippen molar-refractivity contribution in [1.29, 1.82) is 5.26 Å². The van der Waals surface area contributed by atoms with E-state index in [0.29, 0.717) is 5.52 Å². The molecule has 2 rings (SSSR count). The van der Waals surface area contributed by atoms with E-state index in [0.717, 1.165) is 11.6 Å². The van der Waals surface area contributed by atoms with Crippen LogP contribution in [0.4, 0.5) is 0 Å². The van der Waals surface area contributed by atoms with E-state index in [2.05, 4.69) is 4.98 Å². The van der Waals surface area contributed by atoms with Gasteiger partial charge in [-0.1, -0.05) is 24.3 Å². The van der Waals surface area contributed by atoms with Crippen molar-refractivity contribution in [3.8, 4) is 6.07 Å². The lowest BCUT2D eigenvalue weighted by molar-refractivity contribution is 0.596. The number of rotatable bonds is 2. The van der Waals surface area contributed by atoms with Gasteiger partial charge in [0.2, 0.25) is 0 Å². The molecule has 0 N–H and O–H groups in total. The average Bonchev–Trinajstić information content (AvgIpc) is 2.28. The Labute approximate surface area is 99.4 Å². The summed E-state index contributed by atoms with van der Waals surface area (Å²) in [6, 6.07) is 12.5. The molecule has 0 spiro atoms. The number of benzene rings is 1. The van der Waals surface area contributed by atoms with Gasteiger partial charge in [0, 0.05) is 11.6 Å². The molecule has 1 heterocycles. The maximum atomic E-state index is 11.4. The van der Waals surface area contributed by atoms with Crippen LogP contribution in [-0.4, -0.2) is 19.7 Å². The number of para-hydroxylation sites is 1. The topological polar surface area (TPSA) is 70.8 Å². The standard InChI is InChI=1S/C12H10N2O2S/c1-17(15,16)12(8-13)11-7-6-9-4-2-3-5-10(9)14-11/h2-7,12H,1H3. The minimum Gasteiger partial charge on any atom is -0.250 e. The van der Waals surface area contributed by atoms with Crippen molar-refractivity contribution in [2.45, 2.75) is 5.25 Å². The smallest absolute Gasteiger partial charge is 0.189 e. The van der Waals surface area contributed by atoms with Crippen molar-refractivity contribution in [1.82, 2.24) is 4.98 Å². The fourth-order valence-electron chi connectivity index (χ4n) is 1.61. The highest BCUT2D eigenvalue weighted by molar-refractivity contribution is 7.91. The van der Waals surface area contributed by atoms with Crippen LogP contribution >= 0.6 is 0 Å². The molecule has 2 aromatic rings. The molecule has 0 radical (unpaired) electrons. The van der Waals surface area contributed by atoms with Gasteiger partial charge in [-0.3, -0.25) is 4.98 Å². The van der Waals surface area contributed by atoms with Crippen molar-refractivity contribution in [2.75, 3.05) is 6.26 Å². The number of sulfone groups is 1. The second kappa shape index (κ2) is 4.15. The largest absolute Gasteiger partial charge is 0.250 e. The average molecular weight is 246 g/mol. The summed E-state index contributed by atoms with van der Waals surface area (Å²) >= 11 is 0.